The predicted molar refractivity (Wildman–Crippen MR) is 69.4 cm³/mol. The van der Waals surface area contributed by atoms with Crippen molar-refractivity contribution in [3.05, 3.63) is 29.8 Å². The number of amides is 1. The number of ether oxygens (including phenoxy) is 1. The first-order valence-corrected chi connectivity index (χ1v) is 6.24. The molecule has 0 unspecified atom stereocenters. The number of likely N-dealkylation sites (N-methyl/N-ethyl adjacent to an activating group) is 1. The Morgan fingerprint density at radius 3 is 2.55 bits per heavy atom. The summed E-state index contributed by atoms with van der Waals surface area (Å²) >= 11 is 0. The maximum Gasteiger partial charge on any atom is 0.416 e. The van der Waals surface area contributed by atoms with Crippen molar-refractivity contribution in [3.63, 3.8) is 0 Å². The molecule has 112 valence electrons. The zero-order chi connectivity index (χ0) is 15.3. The zero-order valence-corrected chi connectivity index (χ0v) is 11.7. The first-order valence-electron chi connectivity index (χ1n) is 6.24. The van der Waals surface area contributed by atoms with E-state index in [2.05, 4.69) is 0 Å². The minimum Gasteiger partial charge on any atom is -0.484 e. The molecule has 0 radical (unpaired) electrons. The van der Waals surface area contributed by atoms with Crippen LogP contribution in [0.2, 0.25) is 0 Å². The summed E-state index contributed by atoms with van der Waals surface area (Å²) in [6.45, 7) is 4.24. The van der Waals surface area contributed by atoms with Gasteiger partial charge in [-0.1, -0.05) is 19.9 Å². The van der Waals surface area contributed by atoms with Gasteiger partial charge in [0.25, 0.3) is 5.91 Å². The van der Waals surface area contributed by atoms with Crippen LogP contribution in [0, 0.1) is 5.92 Å². The van der Waals surface area contributed by atoms with Crippen LogP contribution in [0.25, 0.3) is 0 Å². The third-order valence-electron chi connectivity index (χ3n) is 2.59. The van der Waals surface area contributed by atoms with Crippen molar-refractivity contribution in [1.82, 2.24) is 4.90 Å². The molecule has 0 fully saturated rings. The van der Waals surface area contributed by atoms with Gasteiger partial charge >= 0.3 is 6.18 Å². The van der Waals surface area contributed by atoms with Crippen molar-refractivity contribution in [2.45, 2.75) is 20.0 Å². The molecule has 1 amide bonds. The average Bonchev–Trinajstić information content (AvgIpc) is 2.34. The number of carbonyl (C=O) groups is 1. The molecule has 0 spiro atoms. The molecule has 0 saturated carbocycles. The summed E-state index contributed by atoms with van der Waals surface area (Å²) in [7, 11) is 1.64. The zero-order valence-electron chi connectivity index (χ0n) is 11.7. The van der Waals surface area contributed by atoms with Gasteiger partial charge < -0.3 is 9.64 Å². The first-order chi connectivity index (χ1) is 9.20. The van der Waals surface area contributed by atoms with Gasteiger partial charge in [-0.15, -0.1) is 0 Å². The molecule has 0 aliphatic carbocycles. The second-order valence-electron chi connectivity index (χ2n) is 4.98. The highest BCUT2D eigenvalue weighted by Crippen LogP contribution is 2.31. The van der Waals surface area contributed by atoms with E-state index in [1.54, 1.807) is 7.05 Å². The Bertz CT molecular complexity index is 458. The standard InChI is InChI=1S/C14H18F3NO2/c1-10(2)8-18(3)13(19)9-20-12-6-4-5-11(7-12)14(15,16)17/h4-7,10H,8-9H2,1-3H3. The van der Waals surface area contributed by atoms with E-state index in [-0.39, 0.29) is 18.3 Å². The van der Waals surface area contributed by atoms with Crippen molar-refractivity contribution < 1.29 is 22.7 Å². The van der Waals surface area contributed by atoms with Gasteiger partial charge in [-0.2, -0.15) is 13.2 Å². The molecule has 0 atom stereocenters. The Kier molecular flexibility index (Phi) is 5.42. The lowest BCUT2D eigenvalue weighted by Gasteiger charge is -2.19. The SMILES string of the molecule is CC(C)CN(C)C(=O)COc1cccc(C(F)(F)F)c1. The summed E-state index contributed by atoms with van der Waals surface area (Å²) < 4.78 is 42.6. The van der Waals surface area contributed by atoms with Gasteiger partial charge in [0.1, 0.15) is 5.75 Å². The maximum absolute atomic E-state index is 12.5. The molecular formula is C14H18F3NO2. The predicted octanol–water partition coefficient (Wildman–Crippen LogP) is 3.20. The van der Waals surface area contributed by atoms with E-state index in [0.717, 1.165) is 12.1 Å². The van der Waals surface area contributed by atoms with Crippen LogP contribution in [0.15, 0.2) is 24.3 Å². The van der Waals surface area contributed by atoms with E-state index in [1.807, 2.05) is 13.8 Å². The Labute approximate surface area is 116 Å². The largest absolute Gasteiger partial charge is 0.484 e. The van der Waals surface area contributed by atoms with Crippen molar-refractivity contribution in [3.8, 4) is 5.75 Å². The van der Waals surface area contributed by atoms with Crippen LogP contribution in [-0.4, -0.2) is 31.0 Å². The van der Waals surface area contributed by atoms with E-state index in [9.17, 15) is 18.0 Å². The summed E-state index contributed by atoms with van der Waals surface area (Å²) in [5.74, 6) is 0.0831. The van der Waals surface area contributed by atoms with Crippen molar-refractivity contribution >= 4 is 5.91 Å². The fourth-order valence-corrected chi connectivity index (χ4v) is 1.67. The Balaban J connectivity index is 2.60. The summed E-state index contributed by atoms with van der Waals surface area (Å²) in [4.78, 5) is 13.2. The highest BCUT2D eigenvalue weighted by Gasteiger charge is 2.30. The van der Waals surface area contributed by atoms with E-state index in [4.69, 9.17) is 4.74 Å². The second-order valence-corrected chi connectivity index (χ2v) is 4.98. The smallest absolute Gasteiger partial charge is 0.416 e. The molecule has 1 rings (SSSR count). The number of hydrogen-bond donors (Lipinski definition) is 0. The van der Waals surface area contributed by atoms with Crippen LogP contribution in [0.1, 0.15) is 19.4 Å². The van der Waals surface area contributed by atoms with Crippen molar-refractivity contribution in [2.75, 3.05) is 20.2 Å². The van der Waals surface area contributed by atoms with Gasteiger partial charge in [-0.3, -0.25) is 4.79 Å². The van der Waals surface area contributed by atoms with E-state index >= 15 is 0 Å². The maximum atomic E-state index is 12.5. The summed E-state index contributed by atoms with van der Waals surface area (Å²) in [5, 5.41) is 0. The van der Waals surface area contributed by atoms with Crippen LogP contribution in [-0.2, 0) is 11.0 Å². The van der Waals surface area contributed by atoms with Gasteiger partial charge in [0.05, 0.1) is 5.56 Å². The topological polar surface area (TPSA) is 29.5 Å². The summed E-state index contributed by atoms with van der Waals surface area (Å²) in [5.41, 5.74) is -0.794. The Hall–Kier alpha value is -1.72. The quantitative estimate of drug-likeness (QED) is 0.833. The van der Waals surface area contributed by atoms with Gasteiger partial charge in [-0.05, 0) is 24.1 Å². The molecule has 0 aliphatic rings. The molecule has 0 aromatic heterocycles. The number of hydrogen-bond acceptors (Lipinski definition) is 2. The van der Waals surface area contributed by atoms with E-state index in [0.29, 0.717) is 12.5 Å². The molecule has 1 aromatic rings. The molecule has 6 heteroatoms. The number of alkyl halides is 3. The fourth-order valence-electron chi connectivity index (χ4n) is 1.67. The van der Waals surface area contributed by atoms with Crippen molar-refractivity contribution in [1.29, 1.82) is 0 Å². The van der Waals surface area contributed by atoms with Gasteiger partial charge in [0.15, 0.2) is 6.61 Å². The van der Waals surface area contributed by atoms with Crippen LogP contribution in [0.4, 0.5) is 13.2 Å². The molecular weight excluding hydrogens is 271 g/mol. The lowest BCUT2D eigenvalue weighted by atomic mass is 10.2. The molecule has 0 N–H and O–H groups in total. The van der Waals surface area contributed by atoms with E-state index in [1.165, 1.54) is 17.0 Å². The fraction of sp³-hybridized carbons (Fsp3) is 0.500. The highest BCUT2D eigenvalue weighted by molar-refractivity contribution is 5.77. The molecule has 3 nitrogen and oxygen atoms in total. The second kappa shape index (κ2) is 6.63. The molecule has 0 heterocycles. The number of benzene rings is 1. The molecule has 20 heavy (non-hydrogen) atoms. The van der Waals surface area contributed by atoms with Gasteiger partial charge in [0.2, 0.25) is 0 Å². The number of rotatable bonds is 5. The average molecular weight is 289 g/mol. The van der Waals surface area contributed by atoms with Crippen LogP contribution < -0.4 is 4.74 Å². The molecule has 0 saturated heterocycles. The monoisotopic (exact) mass is 289 g/mol. The lowest BCUT2D eigenvalue weighted by molar-refractivity contribution is -0.137. The minimum absolute atomic E-state index is 0.0334. The molecule has 0 aliphatic heterocycles. The minimum atomic E-state index is -4.42. The van der Waals surface area contributed by atoms with Crippen LogP contribution in [0.3, 0.4) is 0 Å². The molecule has 0 bridgehead atoms. The van der Waals surface area contributed by atoms with Gasteiger partial charge in [0, 0.05) is 13.6 Å². The van der Waals surface area contributed by atoms with Crippen LogP contribution >= 0.6 is 0 Å². The Morgan fingerprint density at radius 1 is 1.35 bits per heavy atom. The highest BCUT2D eigenvalue weighted by atomic mass is 19.4. The molecule has 1 aromatic carbocycles. The first kappa shape index (κ1) is 16.3. The third-order valence-corrected chi connectivity index (χ3v) is 2.59. The van der Waals surface area contributed by atoms with Crippen LogP contribution in [0.5, 0.6) is 5.75 Å². The Morgan fingerprint density at radius 2 is 2.00 bits per heavy atom. The lowest BCUT2D eigenvalue weighted by Crippen LogP contribution is -2.34. The summed E-state index contributed by atoms with van der Waals surface area (Å²) in [6, 6.07) is 4.49. The van der Waals surface area contributed by atoms with E-state index < -0.39 is 11.7 Å². The number of carbonyl (C=O) groups excluding carboxylic acids is 1. The number of nitrogens with zero attached hydrogens (tertiary/aromatic N) is 1. The summed E-state index contributed by atoms with van der Waals surface area (Å²) in [6.07, 6.45) is -4.42. The third kappa shape index (κ3) is 5.11. The van der Waals surface area contributed by atoms with Crippen molar-refractivity contribution in [2.24, 2.45) is 5.92 Å². The van der Waals surface area contributed by atoms with Gasteiger partial charge in [-0.25, -0.2) is 0 Å². The number of halogens is 3. The normalized spacial score (nSPS) is 11.6.